The third-order valence-corrected chi connectivity index (χ3v) is 4.40. The molecule has 1 aromatic rings. The molecular formula is C15H19BrN2O3. The number of hydrogen-bond donors (Lipinski definition) is 1. The van der Waals surface area contributed by atoms with Gasteiger partial charge in [-0.2, -0.15) is 0 Å². The molecule has 1 N–H and O–H groups in total. The molecule has 3 rings (SSSR count). The molecule has 6 heteroatoms. The summed E-state index contributed by atoms with van der Waals surface area (Å²) in [7, 11) is 0. The third-order valence-electron chi connectivity index (χ3n) is 3.91. The Balaban J connectivity index is 1.47. The van der Waals surface area contributed by atoms with E-state index in [-0.39, 0.29) is 11.7 Å². The van der Waals surface area contributed by atoms with Crippen molar-refractivity contribution in [1.82, 2.24) is 4.90 Å². The highest BCUT2D eigenvalue weighted by Gasteiger charge is 2.39. The average Bonchev–Trinajstić information content (AvgIpc) is 2.90. The lowest BCUT2D eigenvalue weighted by Gasteiger charge is -2.37. The Kier molecular flexibility index (Phi) is 4.59. The van der Waals surface area contributed by atoms with Gasteiger partial charge in [-0.05, 0) is 18.2 Å². The third kappa shape index (κ3) is 3.83. The van der Waals surface area contributed by atoms with Crippen LogP contribution in [0.4, 0.5) is 5.69 Å². The number of nitrogens with zero attached hydrogens (tertiary/aromatic N) is 1. The highest BCUT2D eigenvalue weighted by Crippen LogP contribution is 2.31. The van der Waals surface area contributed by atoms with Gasteiger partial charge in [0.05, 0.1) is 19.8 Å². The second kappa shape index (κ2) is 6.44. The molecule has 2 saturated heterocycles. The molecule has 21 heavy (non-hydrogen) atoms. The number of carbonyl (C=O) groups excluding carboxylic acids is 1. The fourth-order valence-corrected chi connectivity index (χ4v) is 3.21. The second-order valence-corrected chi connectivity index (χ2v) is 6.36. The number of amides is 1. The summed E-state index contributed by atoms with van der Waals surface area (Å²) in [5.74, 6) is -0.366. The molecule has 0 atom stereocenters. The van der Waals surface area contributed by atoms with Crippen LogP contribution in [0.3, 0.4) is 0 Å². The fourth-order valence-electron chi connectivity index (χ4n) is 2.81. The smallest absolute Gasteiger partial charge is 0.238 e. The zero-order valence-corrected chi connectivity index (χ0v) is 13.4. The first-order chi connectivity index (χ1) is 10.2. The first-order valence-electron chi connectivity index (χ1n) is 7.21. The number of likely N-dealkylation sites (tertiary alicyclic amines) is 1. The van der Waals surface area contributed by atoms with Crippen molar-refractivity contribution in [2.24, 2.45) is 0 Å². The standard InChI is InChI=1S/C15H19BrN2O3/c16-12-2-1-3-13(10-12)17-14(19)11-18-6-4-15(5-7-18)20-8-9-21-15/h1-3,10H,4-9,11H2,(H,17,19). The molecule has 0 aromatic heterocycles. The van der Waals surface area contributed by atoms with E-state index in [1.54, 1.807) is 0 Å². The number of anilines is 1. The van der Waals surface area contributed by atoms with Gasteiger partial charge in [-0.1, -0.05) is 22.0 Å². The van der Waals surface area contributed by atoms with Crippen LogP contribution in [0.5, 0.6) is 0 Å². The van der Waals surface area contributed by atoms with Crippen molar-refractivity contribution in [3.63, 3.8) is 0 Å². The van der Waals surface area contributed by atoms with Crippen LogP contribution in [0, 0.1) is 0 Å². The summed E-state index contributed by atoms with van der Waals surface area (Å²) in [5.41, 5.74) is 0.810. The van der Waals surface area contributed by atoms with Crippen molar-refractivity contribution in [3.05, 3.63) is 28.7 Å². The van der Waals surface area contributed by atoms with E-state index in [2.05, 4.69) is 26.1 Å². The molecule has 2 heterocycles. The molecule has 1 amide bonds. The van der Waals surface area contributed by atoms with E-state index >= 15 is 0 Å². The lowest BCUT2D eigenvalue weighted by Crippen LogP contribution is -2.47. The first kappa shape index (κ1) is 15.0. The van der Waals surface area contributed by atoms with Gasteiger partial charge in [-0.25, -0.2) is 0 Å². The lowest BCUT2D eigenvalue weighted by atomic mass is 10.0. The van der Waals surface area contributed by atoms with E-state index in [0.29, 0.717) is 19.8 Å². The molecule has 0 radical (unpaired) electrons. The minimum atomic E-state index is -0.378. The maximum Gasteiger partial charge on any atom is 0.238 e. The zero-order valence-electron chi connectivity index (χ0n) is 11.8. The van der Waals surface area contributed by atoms with Crippen LogP contribution < -0.4 is 5.32 Å². The number of rotatable bonds is 3. The van der Waals surface area contributed by atoms with E-state index < -0.39 is 0 Å². The second-order valence-electron chi connectivity index (χ2n) is 5.44. The summed E-state index contributed by atoms with van der Waals surface area (Å²) in [6.07, 6.45) is 1.66. The Morgan fingerprint density at radius 2 is 2.00 bits per heavy atom. The molecule has 1 spiro atoms. The van der Waals surface area contributed by atoms with Crippen LogP contribution in [0.25, 0.3) is 0 Å². The quantitative estimate of drug-likeness (QED) is 0.904. The normalized spacial score (nSPS) is 21.6. The molecule has 5 nitrogen and oxygen atoms in total. The van der Waals surface area contributed by atoms with Crippen molar-refractivity contribution in [3.8, 4) is 0 Å². The predicted octanol–water partition coefficient (Wildman–Crippen LogP) is 2.23. The fraction of sp³-hybridized carbons (Fsp3) is 0.533. The minimum absolute atomic E-state index is 0.0114. The summed E-state index contributed by atoms with van der Waals surface area (Å²) >= 11 is 3.40. The Labute approximate surface area is 132 Å². The Morgan fingerprint density at radius 1 is 1.29 bits per heavy atom. The number of carbonyl (C=O) groups is 1. The van der Waals surface area contributed by atoms with Gasteiger partial charge in [-0.15, -0.1) is 0 Å². The summed E-state index contributed by atoms with van der Waals surface area (Å²) in [6.45, 7) is 3.42. The number of piperidine rings is 1. The van der Waals surface area contributed by atoms with Crippen molar-refractivity contribution in [2.75, 3.05) is 38.2 Å². The number of nitrogens with one attached hydrogen (secondary N) is 1. The maximum absolute atomic E-state index is 12.1. The van der Waals surface area contributed by atoms with Crippen LogP contribution in [0.2, 0.25) is 0 Å². The van der Waals surface area contributed by atoms with Gasteiger partial charge in [0.1, 0.15) is 0 Å². The van der Waals surface area contributed by atoms with Crippen molar-refractivity contribution in [1.29, 1.82) is 0 Å². The van der Waals surface area contributed by atoms with Gasteiger partial charge >= 0.3 is 0 Å². The number of ether oxygens (including phenoxy) is 2. The number of halogens is 1. The number of benzene rings is 1. The molecule has 0 unspecified atom stereocenters. The topological polar surface area (TPSA) is 50.8 Å². The van der Waals surface area contributed by atoms with Crippen LogP contribution in [0.1, 0.15) is 12.8 Å². The van der Waals surface area contributed by atoms with Gasteiger partial charge in [0, 0.05) is 36.1 Å². The van der Waals surface area contributed by atoms with Gasteiger partial charge < -0.3 is 14.8 Å². The van der Waals surface area contributed by atoms with E-state index in [1.165, 1.54) is 0 Å². The molecule has 0 saturated carbocycles. The molecule has 2 aliphatic rings. The summed E-state index contributed by atoms with van der Waals surface area (Å²) in [4.78, 5) is 14.2. The molecule has 0 bridgehead atoms. The average molecular weight is 355 g/mol. The molecule has 114 valence electrons. The van der Waals surface area contributed by atoms with E-state index in [9.17, 15) is 4.79 Å². The summed E-state index contributed by atoms with van der Waals surface area (Å²) in [5, 5.41) is 2.92. The van der Waals surface area contributed by atoms with Crippen molar-refractivity contribution < 1.29 is 14.3 Å². The van der Waals surface area contributed by atoms with Gasteiger partial charge in [0.25, 0.3) is 0 Å². The van der Waals surface area contributed by atoms with E-state index in [0.717, 1.165) is 36.1 Å². The van der Waals surface area contributed by atoms with E-state index in [4.69, 9.17) is 9.47 Å². The van der Waals surface area contributed by atoms with Crippen LogP contribution in [0.15, 0.2) is 28.7 Å². The SMILES string of the molecule is O=C(CN1CCC2(CC1)OCCO2)Nc1cccc(Br)c1. The predicted molar refractivity (Wildman–Crippen MR) is 83.1 cm³/mol. The zero-order chi connectivity index (χ0) is 14.7. The summed E-state index contributed by atoms with van der Waals surface area (Å²) in [6, 6.07) is 7.61. The molecule has 0 aliphatic carbocycles. The largest absolute Gasteiger partial charge is 0.347 e. The Hall–Kier alpha value is -0.950. The highest BCUT2D eigenvalue weighted by atomic mass is 79.9. The van der Waals surface area contributed by atoms with Gasteiger partial charge in [-0.3, -0.25) is 9.69 Å². The molecule has 2 aliphatic heterocycles. The highest BCUT2D eigenvalue weighted by molar-refractivity contribution is 9.10. The monoisotopic (exact) mass is 354 g/mol. The van der Waals surface area contributed by atoms with Gasteiger partial charge in [0.2, 0.25) is 5.91 Å². The molecule has 2 fully saturated rings. The Morgan fingerprint density at radius 3 is 2.67 bits per heavy atom. The number of hydrogen-bond acceptors (Lipinski definition) is 4. The van der Waals surface area contributed by atoms with Crippen LogP contribution in [-0.4, -0.2) is 49.4 Å². The van der Waals surface area contributed by atoms with Crippen LogP contribution in [-0.2, 0) is 14.3 Å². The lowest BCUT2D eigenvalue weighted by molar-refractivity contribution is -0.185. The Bertz CT molecular complexity index is 507. The van der Waals surface area contributed by atoms with E-state index in [1.807, 2.05) is 24.3 Å². The molecular weight excluding hydrogens is 336 g/mol. The van der Waals surface area contributed by atoms with Crippen molar-refractivity contribution in [2.45, 2.75) is 18.6 Å². The minimum Gasteiger partial charge on any atom is -0.347 e. The van der Waals surface area contributed by atoms with Crippen molar-refractivity contribution >= 4 is 27.5 Å². The van der Waals surface area contributed by atoms with Gasteiger partial charge in [0.15, 0.2) is 5.79 Å². The maximum atomic E-state index is 12.1. The molecule has 1 aromatic carbocycles. The summed E-state index contributed by atoms with van der Waals surface area (Å²) < 4.78 is 12.3. The first-order valence-corrected chi connectivity index (χ1v) is 8.00. The van der Waals surface area contributed by atoms with Crippen LogP contribution >= 0.6 is 15.9 Å².